The van der Waals surface area contributed by atoms with Crippen molar-refractivity contribution in [3.8, 4) is 0 Å². The summed E-state index contributed by atoms with van der Waals surface area (Å²) in [5.74, 6) is 0.713. The highest BCUT2D eigenvalue weighted by Crippen LogP contribution is 2.27. The first-order valence-corrected chi connectivity index (χ1v) is 10.3. The quantitative estimate of drug-likeness (QED) is 0.679. The van der Waals surface area contributed by atoms with Gasteiger partial charge in [0.25, 0.3) is 5.91 Å². The molecule has 4 heterocycles. The molecule has 1 amide bonds. The predicted molar refractivity (Wildman–Crippen MR) is 107 cm³/mol. The normalized spacial score (nSPS) is 16.8. The number of aryl methyl sites for hydroxylation is 3. The second kappa shape index (κ2) is 8.26. The van der Waals surface area contributed by atoms with Crippen LogP contribution in [-0.4, -0.2) is 50.7 Å². The minimum Gasteiger partial charge on any atom is -0.435 e. The molecule has 0 spiro atoms. The van der Waals surface area contributed by atoms with Gasteiger partial charge >= 0.3 is 0 Å². The Morgan fingerprint density at radius 2 is 2.21 bits per heavy atom. The van der Waals surface area contributed by atoms with Crippen LogP contribution in [0, 0.1) is 13.8 Å². The number of pyridine rings is 1. The van der Waals surface area contributed by atoms with Gasteiger partial charge in [0.05, 0.1) is 24.5 Å². The molecule has 1 atom stereocenters. The van der Waals surface area contributed by atoms with Crippen LogP contribution >= 0.6 is 11.3 Å². The Bertz CT molecular complexity index is 1000. The molecule has 1 N–H and O–H groups in total. The molecule has 9 nitrogen and oxygen atoms in total. The van der Waals surface area contributed by atoms with Crippen molar-refractivity contribution in [2.45, 2.75) is 33.3 Å². The Morgan fingerprint density at radius 1 is 1.34 bits per heavy atom. The number of carbonyl (C=O) groups excluding carboxylic acids is 1. The molecule has 3 aromatic heterocycles. The van der Waals surface area contributed by atoms with E-state index in [0.717, 1.165) is 17.1 Å². The van der Waals surface area contributed by atoms with Crippen molar-refractivity contribution >= 4 is 28.1 Å². The van der Waals surface area contributed by atoms with Crippen LogP contribution in [0.15, 0.2) is 22.1 Å². The summed E-state index contributed by atoms with van der Waals surface area (Å²) in [6.07, 6.45) is 0.328. The summed E-state index contributed by atoms with van der Waals surface area (Å²) in [6, 6.07) is 3.85. The van der Waals surface area contributed by atoms with Gasteiger partial charge in [0, 0.05) is 24.3 Å². The highest BCUT2D eigenvalue weighted by molar-refractivity contribution is 7.13. The van der Waals surface area contributed by atoms with Crippen molar-refractivity contribution in [2.24, 2.45) is 0 Å². The summed E-state index contributed by atoms with van der Waals surface area (Å²) >= 11 is 1.42. The van der Waals surface area contributed by atoms with Gasteiger partial charge in [-0.1, -0.05) is 18.3 Å². The van der Waals surface area contributed by atoms with Gasteiger partial charge in [0.15, 0.2) is 5.89 Å². The first-order chi connectivity index (χ1) is 14.0. The standard InChI is InChI=1S/C19H22N6O3S/c1-4-16-22-12(3)17(28-16)18(26)25-5-6-27-15(9-25)14-8-13(7-11(2)21-14)23-19-24-20-10-29-19/h7-8,10,15H,4-6,9H2,1-3H3,(H,21,23,24)/t15-/m0/s1. The van der Waals surface area contributed by atoms with Crippen LogP contribution in [-0.2, 0) is 11.2 Å². The maximum atomic E-state index is 13.0. The second-order valence-corrected chi connectivity index (χ2v) is 7.61. The van der Waals surface area contributed by atoms with Crippen molar-refractivity contribution in [3.05, 3.63) is 46.4 Å². The van der Waals surface area contributed by atoms with Crippen LogP contribution < -0.4 is 5.32 Å². The molecule has 29 heavy (non-hydrogen) atoms. The SMILES string of the molecule is CCc1nc(C)c(C(=O)N2CCO[C@H](c3cc(Nc4nncs4)cc(C)n3)C2)o1. The van der Waals surface area contributed by atoms with E-state index in [1.54, 1.807) is 17.3 Å². The fourth-order valence-corrected chi connectivity index (χ4v) is 3.71. The molecule has 0 bridgehead atoms. The van der Waals surface area contributed by atoms with Crippen LogP contribution in [0.25, 0.3) is 0 Å². The second-order valence-electron chi connectivity index (χ2n) is 6.78. The first kappa shape index (κ1) is 19.5. The number of nitrogens with zero attached hydrogens (tertiary/aromatic N) is 5. The highest BCUT2D eigenvalue weighted by Gasteiger charge is 2.30. The molecular formula is C19H22N6O3S. The lowest BCUT2D eigenvalue weighted by Crippen LogP contribution is -2.42. The van der Waals surface area contributed by atoms with Gasteiger partial charge in [0.1, 0.15) is 11.6 Å². The van der Waals surface area contributed by atoms with Gasteiger partial charge in [-0.25, -0.2) is 4.98 Å². The zero-order chi connectivity index (χ0) is 20.4. The van der Waals surface area contributed by atoms with Crippen LogP contribution in [0.5, 0.6) is 0 Å². The van der Waals surface area contributed by atoms with Gasteiger partial charge in [0.2, 0.25) is 10.9 Å². The number of oxazole rings is 1. The van der Waals surface area contributed by atoms with Crippen molar-refractivity contribution in [1.82, 2.24) is 25.1 Å². The summed E-state index contributed by atoms with van der Waals surface area (Å²) in [5.41, 5.74) is 4.75. The predicted octanol–water partition coefficient (Wildman–Crippen LogP) is 3.06. The molecule has 4 rings (SSSR count). The van der Waals surface area contributed by atoms with E-state index in [-0.39, 0.29) is 12.0 Å². The van der Waals surface area contributed by atoms with Gasteiger partial charge in [-0.3, -0.25) is 9.78 Å². The van der Waals surface area contributed by atoms with Gasteiger partial charge in [-0.2, -0.15) is 0 Å². The third-order valence-corrected chi connectivity index (χ3v) is 5.21. The topological polar surface area (TPSA) is 106 Å². The molecule has 0 saturated carbocycles. The monoisotopic (exact) mass is 414 g/mol. The third kappa shape index (κ3) is 4.28. The van der Waals surface area contributed by atoms with Crippen molar-refractivity contribution in [3.63, 3.8) is 0 Å². The lowest BCUT2D eigenvalue weighted by Gasteiger charge is -2.32. The summed E-state index contributed by atoms with van der Waals surface area (Å²) < 4.78 is 11.6. The van der Waals surface area contributed by atoms with E-state index in [1.807, 2.05) is 26.0 Å². The molecule has 10 heteroatoms. The molecule has 1 aliphatic rings. The van der Waals surface area contributed by atoms with Crippen LogP contribution in [0.2, 0.25) is 0 Å². The summed E-state index contributed by atoms with van der Waals surface area (Å²) in [7, 11) is 0. The number of aromatic nitrogens is 4. The number of nitrogens with one attached hydrogen (secondary N) is 1. The highest BCUT2D eigenvalue weighted by atomic mass is 32.1. The molecular weight excluding hydrogens is 392 g/mol. The lowest BCUT2D eigenvalue weighted by molar-refractivity contribution is -0.0257. The number of hydrogen-bond donors (Lipinski definition) is 1. The molecule has 0 aliphatic carbocycles. The average Bonchev–Trinajstić information content (AvgIpc) is 3.36. The average molecular weight is 414 g/mol. The largest absolute Gasteiger partial charge is 0.435 e. The molecule has 0 aromatic carbocycles. The molecule has 1 saturated heterocycles. The number of carbonyl (C=O) groups is 1. The Labute approximate surface area is 172 Å². The number of anilines is 2. The minimum atomic E-state index is -0.323. The molecule has 3 aromatic rings. The van der Waals surface area contributed by atoms with Gasteiger partial charge in [-0.05, 0) is 26.0 Å². The minimum absolute atomic E-state index is 0.164. The smallest absolute Gasteiger partial charge is 0.291 e. The Morgan fingerprint density at radius 3 is 2.93 bits per heavy atom. The zero-order valence-electron chi connectivity index (χ0n) is 16.5. The summed E-state index contributed by atoms with van der Waals surface area (Å²) in [6.45, 7) is 6.99. The van der Waals surface area contributed by atoms with Crippen molar-refractivity contribution < 1.29 is 13.9 Å². The van der Waals surface area contributed by atoms with E-state index in [2.05, 4.69) is 25.5 Å². The lowest BCUT2D eigenvalue weighted by atomic mass is 10.1. The number of ether oxygens (including phenoxy) is 1. The number of amides is 1. The van der Waals surface area contributed by atoms with Crippen molar-refractivity contribution in [2.75, 3.05) is 25.0 Å². The first-order valence-electron chi connectivity index (χ1n) is 9.42. The Balaban J connectivity index is 1.52. The molecule has 1 aliphatic heterocycles. The number of rotatable bonds is 5. The Kier molecular flexibility index (Phi) is 5.54. The van der Waals surface area contributed by atoms with Gasteiger partial charge in [-0.15, -0.1) is 10.2 Å². The van der Waals surface area contributed by atoms with E-state index in [1.165, 1.54) is 11.3 Å². The molecule has 1 fully saturated rings. The van der Waals surface area contributed by atoms with E-state index in [0.29, 0.717) is 48.6 Å². The van der Waals surface area contributed by atoms with E-state index in [9.17, 15) is 4.79 Å². The van der Waals surface area contributed by atoms with Crippen LogP contribution in [0.1, 0.15) is 46.6 Å². The molecule has 0 radical (unpaired) electrons. The third-order valence-electron chi connectivity index (χ3n) is 4.61. The fraction of sp³-hybridized carbons (Fsp3) is 0.421. The maximum absolute atomic E-state index is 13.0. The Hall–Kier alpha value is -2.85. The molecule has 152 valence electrons. The summed E-state index contributed by atoms with van der Waals surface area (Å²) in [5, 5.41) is 11.8. The van der Waals surface area contributed by atoms with Crippen LogP contribution in [0.4, 0.5) is 10.8 Å². The van der Waals surface area contributed by atoms with Crippen LogP contribution in [0.3, 0.4) is 0 Å². The maximum Gasteiger partial charge on any atom is 0.291 e. The number of hydrogen-bond acceptors (Lipinski definition) is 9. The summed E-state index contributed by atoms with van der Waals surface area (Å²) in [4.78, 5) is 23.6. The molecule has 0 unspecified atom stereocenters. The van der Waals surface area contributed by atoms with E-state index >= 15 is 0 Å². The van der Waals surface area contributed by atoms with Crippen molar-refractivity contribution in [1.29, 1.82) is 0 Å². The number of morpholine rings is 1. The zero-order valence-corrected chi connectivity index (χ0v) is 17.3. The van der Waals surface area contributed by atoms with E-state index < -0.39 is 0 Å². The van der Waals surface area contributed by atoms with Gasteiger partial charge < -0.3 is 19.4 Å². The fourth-order valence-electron chi connectivity index (χ4n) is 3.24. The van der Waals surface area contributed by atoms with E-state index in [4.69, 9.17) is 9.15 Å².